The van der Waals surface area contributed by atoms with Gasteiger partial charge in [-0.2, -0.15) is 5.10 Å². The maximum Gasteiger partial charge on any atom is 0.256 e. The number of aromatic nitrogens is 2. The van der Waals surface area contributed by atoms with Crippen molar-refractivity contribution in [2.75, 3.05) is 11.9 Å². The number of nitrogens with zero attached hydrogens (tertiary/aromatic N) is 2. The standard InChI is InChI=1S/C23H32N4O/c1-23(2)15-20(18-11-7-4-8-12-18)26-21-19(16-25-27(21)23)22(28)24-14-13-17-9-5-3-6-10-17/h3,5-6,9-10,16,18,20,26H,4,7-8,11-15H2,1-2H3,(H,24,28). The Morgan fingerprint density at radius 3 is 2.71 bits per heavy atom. The second-order valence-electron chi connectivity index (χ2n) is 8.98. The quantitative estimate of drug-likeness (QED) is 0.810. The van der Waals surface area contributed by atoms with E-state index in [1.165, 1.54) is 37.7 Å². The smallest absolute Gasteiger partial charge is 0.256 e. The predicted octanol–water partition coefficient (Wildman–Crippen LogP) is 4.36. The fourth-order valence-electron chi connectivity index (χ4n) is 4.85. The first-order chi connectivity index (χ1) is 13.5. The highest BCUT2D eigenvalue weighted by Gasteiger charge is 2.39. The molecule has 1 aromatic heterocycles. The van der Waals surface area contributed by atoms with Gasteiger partial charge in [-0.3, -0.25) is 4.79 Å². The molecule has 1 amide bonds. The largest absolute Gasteiger partial charge is 0.366 e. The minimum Gasteiger partial charge on any atom is -0.366 e. The van der Waals surface area contributed by atoms with E-state index in [-0.39, 0.29) is 11.4 Å². The van der Waals surface area contributed by atoms with Gasteiger partial charge in [0.25, 0.3) is 5.91 Å². The molecule has 28 heavy (non-hydrogen) atoms. The van der Waals surface area contributed by atoms with Crippen molar-refractivity contribution in [3.63, 3.8) is 0 Å². The number of amides is 1. The predicted molar refractivity (Wildman–Crippen MR) is 113 cm³/mol. The summed E-state index contributed by atoms with van der Waals surface area (Å²) in [6, 6.07) is 10.7. The summed E-state index contributed by atoms with van der Waals surface area (Å²) in [5.41, 5.74) is 1.82. The summed E-state index contributed by atoms with van der Waals surface area (Å²) in [7, 11) is 0. The highest BCUT2D eigenvalue weighted by molar-refractivity contribution is 5.98. The molecule has 2 aromatic rings. The fourth-order valence-corrected chi connectivity index (χ4v) is 4.85. The zero-order valence-corrected chi connectivity index (χ0v) is 17.1. The zero-order valence-electron chi connectivity index (χ0n) is 17.1. The summed E-state index contributed by atoms with van der Waals surface area (Å²) in [4.78, 5) is 12.9. The molecule has 150 valence electrons. The average molecular weight is 381 g/mol. The van der Waals surface area contributed by atoms with Gasteiger partial charge < -0.3 is 10.6 Å². The van der Waals surface area contributed by atoms with Crippen molar-refractivity contribution in [1.82, 2.24) is 15.1 Å². The summed E-state index contributed by atoms with van der Waals surface area (Å²) < 4.78 is 2.01. The Bertz CT molecular complexity index is 805. The Morgan fingerprint density at radius 2 is 1.96 bits per heavy atom. The van der Waals surface area contributed by atoms with Crippen LogP contribution >= 0.6 is 0 Å². The third-order valence-electron chi connectivity index (χ3n) is 6.39. The molecule has 2 aliphatic rings. The van der Waals surface area contributed by atoms with Crippen molar-refractivity contribution in [1.29, 1.82) is 0 Å². The molecule has 5 nitrogen and oxygen atoms in total. The van der Waals surface area contributed by atoms with Crippen molar-refractivity contribution in [2.45, 2.75) is 70.4 Å². The van der Waals surface area contributed by atoms with Gasteiger partial charge in [-0.25, -0.2) is 4.68 Å². The van der Waals surface area contributed by atoms with Crippen LogP contribution in [0.3, 0.4) is 0 Å². The van der Waals surface area contributed by atoms with Gasteiger partial charge in [-0.05, 0) is 51.0 Å². The van der Waals surface area contributed by atoms with Crippen molar-refractivity contribution in [3.8, 4) is 0 Å². The molecule has 2 heterocycles. The van der Waals surface area contributed by atoms with E-state index in [0.29, 0.717) is 24.1 Å². The van der Waals surface area contributed by atoms with Crippen LogP contribution in [0, 0.1) is 5.92 Å². The number of fused-ring (bicyclic) bond motifs is 1. The third-order valence-corrected chi connectivity index (χ3v) is 6.39. The molecule has 0 spiro atoms. The molecule has 1 atom stereocenters. The van der Waals surface area contributed by atoms with Gasteiger partial charge in [-0.15, -0.1) is 0 Å². The molecule has 5 heteroatoms. The lowest BCUT2D eigenvalue weighted by Crippen LogP contribution is -2.46. The molecule has 0 saturated heterocycles. The second kappa shape index (κ2) is 7.98. The van der Waals surface area contributed by atoms with E-state index >= 15 is 0 Å². The molecule has 1 aliphatic carbocycles. The summed E-state index contributed by atoms with van der Waals surface area (Å²) in [5.74, 6) is 1.56. The lowest BCUT2D eigenvalue weighted by atomic mass is 9.78. The molecular weight excluding hydrogens is 348 g/mol. The first kappa shape index (κ1) is 19.0. The summed E-state index contributed by atoms with van der Waals surface area (Å²) in [5, 5.41) is 11.3. The second-order valence-corrected chi connectivity index (χ2v) is 8.98. The summed E-state index contributed by atoms with van der Waals surface area (Å²) >= 11 is 0. The molecule has 1 saturated carbocycles. The van der Waals surface area contributed by atoms with E-state index in [2.05, 4.69) is 41.7 Å². The molecule has 0 bridgehead atoms. The molecular formula is C23H32N4O. The van der Waals surface area contributed by atoms with E-state index in [1.54, 1.807) is 6.20 Å². The molecule has 1 fully saturated rings. The van der Waals surface area contributed by atoms with Crippen LogP contribution in [-0.4, -0.2) is 28.3 Å². The first-order valence-electron chi connectivity index (χ1n) is 10.7. The lowest BCUT2D eigenvalue weighted by molar-refractivity contribution is 0.0954. The monoisotopic (exact) mass is 380 g/mol. The van der Waals surface area contributed by atoms with Crippen LogP contribution in [0.4, 0.5) is 5.82 Å². The van der Waals surface area contributed by atoms with E-state index in [1.807, 2.05) is 22.9 Å². The Morgan fingerprint density at radius 1 is 1.21 bits per heavy atom. The summed E-state index contributed by atoms with van der Waals surface area (Å²) in [6.07, 6.45) is 10.2. The zero-order chi connectivity index (χ0) is 19.6. The normalized spacial score (nSPS) is 21.6. The van der Waals surface area contributed by atoms with E-state index in [0.717, 1.165) is 18.7 Å². The SMILES string of the molecule is CC1(C)CC(C2CCCCC2)Nc2c(C(=O)NCCc3ccccc3)cnn21. The molecule has 1 aliphatic heterocycles. The van der Waals surface area contributed by atoms with Crippen LogP contribution in [0.2, 0.25) is 0 Å². The highest BCUT2D eigenvalue weighted by atomic mass is 16.1. The van der Waals surface area contributed by atoms with E-state index in [9.17, 15) is 4.79 Å². The van der Waals surface area contributed by atoms with Crippen LogP contribution in [0.5, 0.6) is 0 Å². The highest BCUT2D eigenvalue weighted by Crippen LogP contribution is 2.39. The molecule has 2 N–H and O–H groups in total. The minimum absolute atomic E-state index is 0.0372. The number of benzene rings is 1. The number of anilines is 1. The van der Waals surface area contributed by atoms with Gasteiger partial charge in [-0.1, -0.05) is 49.6 Å². The lowest BCUT2D eigenvalue weighted by Gasteiger charge is -2.42. The first-order valence-corrected chi connectivity index (χ1v) is 10.7. The Labute approximate surface area is 167 Å². The molecule has 1 unspecified atom stereocenters. The van der Waals surface area contributed by atoms with Crippen LogP contribution in [0.25, 0.3) is 0 Å². The molecule has 4 rings (SSSR count). The maximum atomic E-state index is 12.9. The van der Waals surface area contributed by atoms with Crippen molar-refractivity contribution >= 4 is 11.7 Å². The Kier molecular flexibility index (Phi) is 5.42. The van der Waals surface area contributed by atoms with Crippen LogP contribution < -0.4 is 10.6 Å². The fraction of sp³-hybridized carbons (Fsp3) is 0.565. The number of carbonyl (C=O) groups is 1. The molecule has 0 radical (unpaired) electrons. The number of nitrogens with one attached hydrogen (secondary N) is 2. The summed E-state index contributed by atoms with van der Waals surface area (Å²) in [6.45, 7) is 5.09. The average Bonchev–Trinajstić information content (AvgIpc) is 3.14. The van der Waals surface area contributed by atoms with Crippen LogP contribution in [0.1, 0.15) is 68.3 Å². The van der Waals surface area contributed by atoms with Crippen molar-refractivity contribution < 1.29 is 4.79 Å². The number of rotatable bonds is 5. The van der Waals surface area contributed by atoms with Crippen molar-refractivity contribution in [2.24, 2.45) is 5.92 Å². The van der Waals surface area contributed by atoms with Crippen LogP contribution in [-0.2, 0) is 12.0 Å². The topological polar surface area (TPSA) is 59.0 Å². The van der Waals surface area contributed by atoms with Gasteiger partial charge in [0.2, 0.25) is 0 Å². The maximum absolute atomic E-state index is 12.9. The Balaban J connectivity index is 1.46. The molecule has 1 aromatic carbocycles. The van der Waals surface area contributed by atoms with E-state index in [4.69, 9.17) is 0 Å². The van der Waals surface area contributed by atoms with Gasteiger partial charge in [0, 0.05) is 12.6 Å². The van der Waals surface area contributed by atoms with E-state index < -0.39 is 0 Å². The third kappa shape index (κ3) is 3.94. The number of carbonyl (C=O) groups excluding carboxylic acids is 1. The number of hydrogen-bond acceptors (Lipinski definition) is 3. The van der Waals surface area contributed by atoms with Gasteiger partial charge in [0.1, 0.15) is 11.4 Å². The van der Waals surface area contributed by atoms with Gasteiger partial charge >= 0.3 is 0 Å². The number of hydrogen-bond donors (Lipinski definition) is 2. The minimum atomic E-state index is -0.0781. The van der Waals surface area contributed by atoms with Gasteiger partial charge in [0.15, 0.2) is 0 Å². The van der Waals surface area contributed by atoms with Gasteiger partial charge in [0.05, 0.1) is 11.7 Å². The van der Waals surface area contributed by atoms with Crippen LogP contribution in [0.15, 0.2) is 36.5 Å². The Hall–Kier alpha value is -2.30. The van der Waals surface area contributed by atoms with Crippen molar-refractivity contribution in [3.05, 3.63) is 47.7 Å².